The molecule has 5 rings (SSSR count). The van der Waals surface area contributed by atoms with Gasteiger partial charge in [0.05, 0.1) is 14.2 Å². The molecule has 1 N–H and O–H groups in total. The van der Waals surface area contributed by atoms with Gasteiger partial charge in [-0.15, -0.1) is 0 Å². The Morgan fingerprint density at radius 2 is 1.64 bits per heavy atom. The number of nitrogens with one attached hydrogen (secondary N) is 1. The smallest absolute Gasteiger partial charge is 0.123 e. The second kappa shape index (κ2) is 5.45. The molecular weight excluding hydrogens is 274 g/mol. The molecule has 0 aliphatic heterocycles. The van der Waals surface area contributed by atoms with Crippen molar-refractivity contribution in [3.8, 4) is 11.5 Å². The summed E-state index contributed by atoms with van der Waals surface area (Å²) < 4.78 is 10.9. The third kappa shape index (κ3) is 2.50. The molecule has 4 fully saturated rings. The van der Waals surface area contributed by atoms with Crippen molar-refractivity contribution in [2.24, 2.45) is 17.8 Å². The van der Waals surface area contributed by atoms with E-state index in [-0.39, 0.29) is 0 Å². The van der Waals surface area contributed by atoms with E-state index in [1.165, 1.54) is 44.1 Å². The first-order valence-corrected chi connectivity index (χ1v) is 8.65. The van der Waals surface area contributed by atoms with E-state index in [2.05, 4.69) is 11.4 Å². The second-order valence-electron chi connectivity index (χ2n) is 7.73. The minimum Gasteiger partial charge on any atom is -0.497 e. The lowest BCUT2D eigenvalue weighted by molar-refractivity contribution is -0.0206. The lowest BCUT2D eigenvalue weighted by Gasteiger charge is -2.57. The highest BCUT2D eigenvalue weighted by Crippen LogP contribution is 2.55. The lowest BCUT2D eigenvalue weighted by Crippen LogP contribution is -2.58. The molecule has 0 amide bonds. The van der Waals surface area contributed by atoms with Crippen LogP contribution in [0.25, 0.3) is 0 Å². The van der Waals surface area contributed by atoms with Gasteiger partial charge < -0.3 is 14.8 Å². The maximum Gasteiger partial charge on any atom is 0.123 e. The third-order valence-corrected chi connectivity index (χ3v) is 6.18. The van der Waals surface area contributed by atoms with Crippen LogP contribution in [0.5, 0.6) is 11.5 Å². The summed E-state index contributed by atoms with van der Waals surface area (Å²) in [4.78, 5) is 0. The summed E-state index contributed by atoms with van der Waals surface area (Å²) in [6, 6.07) is 6.08. The standard InChI is InChI=1S/C19H27NO2/c1-21-17-3-4-18(22-2)16(8-17)12-20-19-9-13-5-14(10-19)7-15(6-13)11-19/h3-4,8,13-15,20H,5-7,9-12H2,1-2H3. The molecule has 4 saturated carbocycles. The van der Waals surface area contributed by atoms with Gasteiger partial charge in [-0.25, -0.2) is 0 Å². The van der Waals surface area contributed by atoms with E-state index >= 15 is 0 Å². The monoisotopic (exact) mass is 301 g/mol. The molecule has 4 aliphatic carbocycles. The van der Waals surface area contributed by atoms with E-state index in [4.69, 9.17) is 9.47 Å². The third-order valence-electron chi connectivity index (χ3n) is 6.18. The summed E-state index contributed by atoms with van der Waals surface area (Å²) in [5.41, 5.74) is 1.60. The van der Waals surface area contributed by atoms with Gasteiger partial charge in [-0.2, -0.15) is 0 Å². The lowest BCUT2D eigenvalue weighted by atomic mass is 9.53. The first kappa shape index (κ1) is 14.4. The van der Waals surface area contributed by atoms with Crippen molar-refractivity contribution in [2.75, 3.05) is 14.2 Å². The predicted molar refractivity (Wildman–Crippen MR) is 87.3 cm³/mol. The Hall–Kier alpha value is -1.22. The summed E-state index contributed by atoms with van der Waals surface area (Å²) in [6.45, 7) is 0.881. The highest BCUT2D eigenvalue weighted by atomic mass is 16.5. The van der Waals surface area contributed by atoms with Crippen molar-refractivity contribution in [3.63, 3.8) is 0 Å². The largest absolute Gasteiger partial charge is 0.497 e. The van der Waals surface area contributed by atoms with Gasteiger partial charge >= 0.3 is 0 Å². The van der Waals surface area contributed by atoms with Gasteiger partial charge in [-0.3, -0.25) is 0 Å². The molecule has 0 heterocycles. The van der Waals surface area contributed by atoms with Crippen LogP contribution in [0.1, 0.15) is 44.1 Å². The predicted octanol–water partition coefficient (Wildman–Crippen LogP) is 3.76. The molecule has 0 aromatic heterocycles. The number of benzene rings is 1. The Morgan fingerprint density at radius 1 is 1.00 bits per heavy atom. The highest BCUT2D eigenvalue weighted by Gasteiger charge is 2.50. The van der Waals surface area contributed by atoms with Crippen LogP contribution >= 0.6 is 0 Å². The van der Waals surface area contributed by atoms with Crippen molar-refractivity contribution in [1.82, 2.24) is 5.32 Å². The molecule has 4 bridgehead atoms. The van der Waals surface area contributed by atoms with Crippen LogP contribution < -0.4 is 14.8 Å². The summed E-state index contributed by atoms with van der Waals surface area (Å²) in [5, 5.41) is 3.93. The molecule has 3 nitrogen and oxygen atoms in total. The Bertz CT molecular complexity index is 519. The van der Waals surface area contributed by atoms with Crippen LogP contribution in [-0.2, 0) is 6.54 Å². The molecule has 0 saturated heterocycles. The topological polar surface area (TPSA) is 30.5 Å². The SMILES string of the molecule is COc1ccc(OC)c(CNC23CC4CC(CC(C4)C2)C3)c1. The van der Waals surface area contributed by atoms with E-state index in [1.807, 2.05) is 12.1 Å². The minimum absolute atomic E-state index is 0.392. The zero-order chi connectivity index (χ0) is 15.2. The number of hydrogen-bond acceptors (Lipinski definition) is 3. The van der Waals surface area contributed by atoms with Crippen LogP contribution in [0, 0.1) is 17.8 Å². The number of hydrogen-bond donors (Lipinski definition) is 1. The maximum atomic E-state index is 5.52. The summed E-state index contributed by atoms with van der Waals surface area (Å²) in [7, 11) is 3.47. The quantitative estimate of drug-likeness (QED) is 0.898. The average molecular weight is 301 g/mol. The van der Waals surface area contributed by atoms with Gasteiger partial charge in [0, 0.05) is 17.6 Å². The van der Waals surface area contributed by atoms with E-state index in [0.717, 1.165) is 35.8 Å². The number of rotatable bonds is 5. The van der Waals surface area contributed by atoms with Gasteiger partial charge in [0.25, 0.3) is 0 Å². The Labute approximate surface area is 133 Å². The second-order valence-corrected chi connectivity index (χ2v) is 7.73. The molecule has 1 aromatic carbocycles. The molecule has 4 aliphatic rings. The van der Waals surface area contributed by atoms with Crippen molar-refractivity contribution in [2.45, 2.75) is 50.6 Å². The van der Waals surface area contributed by atoms with Crippen LogP contribution in [-0.4, -0.2) is 19.8 Å². The van der Waals surface area contributed by atoms with Gasteiger partial charge in [0.15, 0.2) is 0 Å². The first-order chi connectivity index (χ1) is 10.7. The molecule has 120 valence electrons. The zero-order valence-corrected chi connectivity index (χ0v) is 13.7. The molecule has 0 spiro atoms. The molecular formula is C19H27NO2. The maximum absolute atomic E-state index is 5.52. The Balaban J connectivity index is 1.51. The van der Waals surface area contributed by atoms with Crippen molar-refractivity contribution >= 4 is 0 Å². The number of ether oxygens (including phenoxy) is 2. The van der Waals surface area contributed by atoms with Gasteiger partial charge in [-0.1, -0.05) is 0 Å². The van der Waals surface area contributed by atoms with Gasteiger partial charge in [0.1, 0.15) is 11.5 Å². The van der Waals surface area contributed by atoms with Gasteiger partial charge in [0.2, 0.25) is 0 Å². The fourth-order valence-electron chi connectivity index (χ4n) is 5.63. The van der Waals surface area contributed by atoms with Crippen molar-refractivity contribution in [1.29, 1.82) is 0 Å². The molecule has 3 heteroatoms. The molecule has 1 aromatic rings. The van der Waals surface area contributed by atoms with Crippen LogP contribution in [0.2, 0.25) is 0 Å². The molecule has 22 heavy (non-hydrogen) atoms. The van der Waals surface area contributed by atoms with E-state index < -0.39 is 0 Å². The van der Waals surface area contributed by atoms with E-state index in [1.54, 1.807) is 14.2 Å². The molecule has 0 unspecified atom stereocenters. The fourth-order valence-corrected chi connectivity index (χ4v) is 5.63. The molecule has 0 atom stereocenters. The fraction of sp³-hybridized carbons (Fsp3) is 0.684. The van der Waals surface area contributed by atoms with Crippen LogP contribution in [0.4, 0.5) is 0 Å². The van der Waals surface area contributed by atoms with Crippen LogP contribution in [0.15, 0.2) is 18.2 Å². The average Bonchev–Trinajstić information content (AvgIpc) is 2.51. The highest BCUT2D eigenvalue weighted by molar-refractivity contribution is 5.40. The number of methoxy groups -OCH3 is 2. The minimum atomic E-state index is 0.392. The Kier molecular flexibility index (Phi) is 3.56. The normalized spacial score (nSPS) is 35.6. The Morgan fingerprint density at radius 3 is 2.18 bits per heavy atom. The van der Waals surface area contributed by atoms with E-state index in [0.29, 0.717) is 5.54 Å². The zero-order valence-electron chi connectivity index (χ0n) is 13.7. The first-order valence-electron chi connectivity index (χ1n) is 8.65. The summed E-state index contributed by atoms with van der Waals surface area (Å²) >= 11 is 0. The molecule has 0 radical (unpaired) electrons. The summed E-state index contributed by atoms with van der Waals surface area (Å²) in [5.74, 6) is 4.80. The van der Waals surface area contributed by atoms with Crippen molar-refractivity contribution in [3.05, 3.63) is 23.8 Å². The van der Waals surface area contributed by atoms with Crippen molar-refractivity contribution < 1.29 is 9.47 Å². The van der Waals surface area contributed by atoms with Crippen LogP contribution in [0.3, 0.4) is 0 Å². The van der Waals surface area contributed by atoms with Gasteiger partial charge in [-0.05, 0) is 74.5 Å². The van der Waals surface area contributed by atoms with E-state index in [9.17, 15) is 0 Å². The summed E-state index contributed by atoms with van der Waals surface area (Å²) in [6.07, 6.45) is 8.61.